The molecule has 0 radical (unpaired) electrons. The molecule has 1 aliphatic rings. The number of nitrogens with one attached hydrogen (secondary N) is 3. The van der Waals surface area contributed by atoms with Crippen LogP contribution in [0.5, 0.6) is 0 Å². The van der Waals surface area contributed by atoms with Gasteiger partial charge in [0.15, 0.2) is 0 Å². The van der Waals surface area contributed by atoms with E-state index < -0.39 is 0 Å². The molecule has 24 heavy (non-hydrogen) atoms. The number of halogens is 1. The summed E-state index contributed by atoms with van der Waals surface area (Å²) < 4.78 is 14.0. The minimum atomic E-state index is -0.373. The molecule has 0 spiro atoms. The minimum absolute atomic E-state index is 0.0818. The molecule has 1 aromatic heterocycles. The van der Waals surface area contributed by atoms with Crippen LogP contribution in [0.25, 0.3) is 0 Å². The van der Waals surface area contributed by atoms with Crippen molar-refractivity contribution in [2.24, 2.45) is 5.92 Å². The van der Waals surface area contributed by atoms with Crippen molar-refractivity contribution in [3.8, 4) is 0 Å². The molecule has 3 atom stereocenters. The Hall–Kier alpha value is -2.31. The van der Waals surface area contributed by atoms with Crippen LogP contribution in [0.3, 0.4) is 0 Å². The Bertz CT molecular complexity index is 694. The molecule has 0 bridgehead atoms. The zero-order valence-corrected chi connectivity index (χ0v) is 13.5. The number of rotatable bonds is 5. The highest BCUT2D eigenvalue weighted by molar-refractivity contribution is 5.80. The summed E-state index contributed by atoms with van der Waals surface area (Å²) in [4.78, 5) is 16.5. The van der Waals surface area contributed by atoms with Gasteiger partial charge in [0.1, 0.15) is 5.82 Å². The van der Waals surface area contributed by atoms with Crippen molar-refractivity contribution in [3.63, 3.8) is 0 Å². The molecule has 126 valence electrons. The SMILES string of the molecule is CC(CNC(=O)C1CNNC1c1ccccc1F)c1ccncc1. The number of hydrogen-bond acceptors (Lipinski definition) is 4. The molecule has 3 rings (SSSR count). The first kappa shape index (κ1) is 16.5. The van der Waals surface area contributed by atoms with Crippen LogP contribution in [-0.4, -0.2) is 24.0 Å². The van der Waals surface area contributed by atoms with E-state index >= 15 is 0 Å². The molecule has 2 aromatic rings. The lowest BCUT2D eigenvalue weighted by molar-refractivity contribution is -0.125. The van der Waals surface area contributed by atoms with Gasteiger partial charge in [-0.25, -0.2) is 9.82 Å². The van der Waals surface area contributed by atoms with Crippen molar-refractivity contribution < 1.29 is 9.18 Å². The van der Waals surface area contributed by atoms with Gasteiger partial charge >= 0.3 is 0 Å². The van der Waals surface area contributed by atoms with Gasteiger partial charge in [-0.05, 0) is 29.7 Å². The second kappa shape index (κ2) is 7.51. The van der Waals surface area contributed by atoms with E-state index in [0.717, 1.165) is 5.56 Å². The van der Waals surface area contributed by atoms with Crippen LogP contribution in [0.2, 0.25) is 0 Å². The van der Waals surface area contributed by atoms with E-state index in [-0.39, 0.29) is 29.6 Å². The van der Waals surface area contributed by atoms with Gasteiger partial charge in [0.05, 0.1) is 12.0 Å². The molecule has 5 nitrogen and oxygen atoms in total. The van der Waals surface area contributed by atoms with Gasteiger partial charge in [-0.15, -0.1) is 0 Å². The maximum absolute atomic E-state index is 14.0. The highest BCUT2D eigenvalue weighted by Crippen LogP contribution is 2.27. The zero-order valence-electron chi connectivity index (χ0n) is 13.5. The van der Waals surface area contributed by atoms with Crippen molar-refractivity contribution >= 4 is 5.91 Å². The summed E-state index contributed by atoms with van der Waals surface area (Å²) in [5.74, 6) is -0.555. The number of carbonyl (C=O) groups is 1. The number of amides is 1. The Morgan fingerprint density at radius 2 is 2.08 bits per heavy atom. The van der Waals surface area contributed by atoms with Gasteiger partial charge in [-0.3, -0.25) is 15.2 Å². The third kappa shape index (κ3) is 3.60. The highest BCUT2D eigenvalue weighted by atomic mass is 19.1. The van der Waals surface area contributed by atoms with Crippen LogP contribution in [-0.2, 0) is 4.79 Å². The van der Waals surface area contributed by atoms with Crippen LogP contribution in [0.4, 0.5) is 4.39 Å². The lowest BCUT2D eigenvalue weighted by atomic mass is 9.93. The number of nitrogens with zero attached hydrogens (tertiary/aromatic N) is 1. The van der Waals surface area contributed by atoms with Crippen molar-refractivity contribution in [1.29, 1.82) is 0 Å². The van der Waals surface area contributed by atoms with Crippen molar-refractivity contribution in [1.82, 2.24) is 21.2 Å². The van der Waals surface area contributed by atoms with Crippen LogP contribution in [0.15, 0.2) is 48.8 Å². The average molecular weight is 328 g/mol. The Morgan fingerprint density at radius 1 is 1.33 bits per heavy atom. The topological polar surface area (TPSA) is 66.1 Å². The molecule has 1 saturated heterocycles. The zero-order chi connectivity index (χ0) is 16.9. The highest BCUT2D eigenvalue weighted by Gasteiger charge is 2.35. The van der Waals surface area contributed by atoms with Gasteiger partial charge in [0.2, 0.25) is 5.91 Å². The molecule has 3 N–H and O–H groups in total. The Morgan fingerprint density at radius 3 is 2.83 bits per heavy atom. The lowest BCUT2D eigenvalue weighted by Crippen LogP contribution is -2.37. The Balaban J connectivity index is 1.63. The van der Waals surface area contributed by atoms with Gasteiger partial charge in [0.25, 0.3) is 0 Å². The minimum Gasteiger partial charge on any atom is -0.355 e. The lowest BCUT2D eigenvalue weighted by Gasteiger charge is -2.20. The van der Waals surface area contributed by atoms with Crippen molar-refractivity contribution in [3.05, 3.63) is 65.7 Å². The summed E-state index contributed by atoms with van der Waals surface area (Å²) in [5.41, 5.74) is 7.60. The van der Waals surface area contributed by atoms with E-state index in [0.29, 0.717) is 18.7 Å². The first-order valence-corrected chi connectivity index (χ1v) is 8.07. The van der Waals surface area contributed by atoms with E-state index in [1.165, 1.54) is 6.07 Å². The number of benzene rings is 1. The normalized spacial score (nSPS) is 21.4. The molecular formula is C18H21FN4O. The first-order valence-electron chi connectivity index (χ1n) is 8.07. The summed E-state index contributed by atoms with van der Waals surface area (Å²) in [7, 11) is 0. The standard InChI is InChI=1S/C18H21FN4O/c1-12(13-6-8-20-9-7-13)10-21-18(24)15-11-22-23-17(15)14-4-2-3-5-16(14)19/h2-9,12,15,17,22-23H,10-11H2,1H3,(H,21,24). The Kier molecular flexibility index (Phi) is 5.17. The molecular weight excluding hydrogens is 307 g/mol. The third-order valence-corrected chi connectivity index (χ3v) is 4.42. The molecule has 1 amide bonds. The summed E-state index contributed by atoms with van der Waals surface area (Å²) >= 11 is 0. The molecule has 2 heterocycles. The first-order chi connectivity index (χ1) is 11.7. The van der Waals surface area contributed by atoms with E-state index in [2.05, 4.69) is 28.1 Å². The third-order valence-electron chi connectivity index (χ3n) is 4.42. The fourth-order valence-electron chi connectivity index (χ4n) is 2.96. The molecule has 1 aromatic carbocycles. The monoisotopic (exact) mass is 328 g/mol. The van der Waals surface area contributed by atoms with E-state index in [1.54, 1.807) is 30.6 Å². The van der Waals surface area contributed by atoms with E-state index in [9.17, 15) is 9.18 Å². The molecule has 6 heteroatoms. The molecule has 3 unspecified atom stereocenters. The predicted molar refractivity (Wildman–Crippen MR) is 89.4 cm³/mol. The van der Waals surface area contributed by atoms with Gasteiger partial charge < -0.3 is 5.32 Å². The van der Waals surface area contributed by atoms with Crippen molar-refractivity contribution in [2.75, 3.05) is 13.1 Å². The second-order valence-electron chi connectivity index (χ2n) is 6.06. The van der Waals surface area contributed by atoms with Gasteiger partial charge in [0, 0.05) is 31.0 Å². The summed E-state index contributed by atoms with van der Waals surface area (Å²) in [6, 6.07) is 10.1. The largest absolute Gasteiger partial charge is 0.355 e. The number of pyridine rings is 1. The summed E-state index contributed by atoms with van der Waals surface area (Å²) in [5, 5.41) is 2.98. The van der Waals surface area contributed by atoms with Crippen LogP contribution < -0.4 is 16.2 Å². The number of aromatic nitrogens is 1. The number of hydrazine groups is 1. The smallest absolute Gasteiger partial charge is 0.226 e. The Labute approximate surface area is 140 Å². The van der Waals surface area contributed by atoms with Crippen molar-refractivity contribution in [2.45, 2.75) is 18.9 Å². The predicted octanol–water partition coefficient (Wildman–Crippen LogP) is 1.91. The van der Waals surface area contributed by atoms with Gasteiger partial charge in [-0.1, -0.05) is 25.1 Å². The molecule has 1 fully saturated rings. The molecule has 1 aliphatic heterocycles. The second-order valence-corrected chi connectivity index (χ2v) is 6.06. The van der Waals surface area contributed by atoms with Crippen LogP contribution in [0, 0.1) is 11.7 Å². The summed E-state index contributed by atoms with van der Waals surface area (Å²) in [6.45, 7) is 3.05. The maximum Gasteiger partial charge on any atom is 0.226 e. The maximum atomic E-state index is 14.0. The molecule has 0 aliphatic carbocycles. The fraction of sp³-hybridized carbons (Fsp3) is 0.333. The van der Waals surface area contributed by atoms with E-state index in [1.807, 2.05) is 12.1 Å². The number of hydrogen-bond donors (Lipinski definition) is 3. The van der Waals surface area contributed by atoms with Gasteiger partial charge in [-0.2, -0.15) is 0 Å². The fourth-order valence-corrected chi connectivity index (χ4v) is 2.96. The quantitative estimate of drug-likeness (QED) is 0.784. The average Bonchev–Trinajstić information content (AvgIpc) is 3.10. The summed E-state index contributed by atoms with van der Waals surface area (Å²) in [6.07, 6.45) is 3.49. The van der Waals surface area contributed by atoms with E-state index in [4.69, 9.17) is 0 Å². The molecule has 0 saturated carbocycles. The van der Waals surface area contributed by atoms with Crippen LogP contribution >= 0.6 is 0 Å². The van der Waals surface area contributed by atoms with Crippen LogP contribution in [0.1, 0.15) is 30.0 Å². The number of carbonyl (C=O) groups excluding carboxylic acids is 1.